The predicted molar refractivity (Wildman–Crippen MR) is 74.7 cm³/mol. The minimum Gasteiger partial charge on any atom is -0.495 e. The Morgan fingerprint density at radius 1 is 1.35 bits per heavy atom. The Bertz CT molecular complexity index is 509. The summed E-state index contributed by atoms with van der Waals surface area (Å²) >= 11 is 0. The van der Waals surface area contributed by atoms with Gasteiger partial charge in [-0.2, -0.15) is 0 Å². The minimum absolute atomic E-state index is 0.0173. The molecule has 0 atom stereocenters. The summed E-state index contributed by atoms with van der Waals surface area (Å²) in [7, 11) is 1.54. The Morgan fingerprint density at radius 3 is 2.70 bits per heavy atom. The number of ether oxygens (including phenoxy) is 2. The number of benzene rings is 1. The third kappa shape index (κ3) is 3.50. The molecule has 5 heteroatoms. The van der Waals surface area contributed by atoms with Crippen molar-refractivity contribution in [3.05, 3.63) is 23.8 Å². The second-order valence-corrected chi connectivity index (χ2v) is 4.99. The topological polar surface area (TPSA) is 64.6 Å². The molecule has 1 aliphatic rings. The maximum atomic E-state index is 11.8. The van der Waals surface area contributed by atoms with E-state index in [4.69, 9.17) is 9.47 Å². The highest BCUT2D eigenvalue weighted by Gasteiger charge is 2.27. The predicted octanol–water partition coefficient (Wildman–Crippen LogP) is 2.29. The van der Waals surface area contributed by atoms with Gasteiger partial charge in [0.1, 0.15) is 5.75 Å². The van der Waals surface area contributed by atoms with E-state index in [-0.39, 0.29) is 24.4 Å². The normalized spacial score (nSPS) is 14.3. The number of anilines is 1. The van der Waals surface area contributed by atoms with Crippen LogP contribution in [0.3, 0.4) is 0 Å². The molecule has 0 aromatic heterocycles. The van der Waals surface area contributed by atoms with E-state index in [0.29, 0.717) is 11.4 Å². The van der Waals surface area contributed by atoms with Crippen LogP contribution in [-0.4, -0.2) is 25.6 Å². The quantitative estimate of drug-likeness (QED) is 0.839. The van der Waals surface area contributed by atoms with E-state index in [9.17, 15) is 9.59 Å². The number of esters is 1. The molecule has 5 nitrogen and oxygen atoms in total. The third-order valence-corrected chi connectivity index (χ3v) is 3.41. The summed E-state index contributed by atoms with van der Waals surface area (Å²) in [6.07, 6.45) is 2.80. The van der Waals surface area contributed by atoms with E-state index in [2.05, 4.69) is 5.32 Å². The Morgan fingerprint density at radius 2 is 2.10 bits per heavy atom. The fraction of sp³-hybridized carbons (Fsp3) is 0.467. The monoisotopic (exact) mass is 277 g/mol. The highest BCUT2D eigenvalue weighted by Crippen LogP contribution is 2.27. The van der Waals surface area contributed by atoms with Gasteiger partial charge in [-0.05, 0) is 37.5 Å². The van der Waals surface area contributed by atoms with Gasteiger partial charge in [0.2, 0.25) is 0 Å². The fourth-order valence-corrected chi connectivity index (χ4v) is 2.00. The van der Waals surface area contributed by atoms with Crippen LogP contribution in [0.2, 0.25) is 0 Å². The number of aryl methyl sites for hydroxylation is 1. The molecule has 1 fully saturated rings. The molecule has 2 rings (SSSR count). The molecular formula is C15H19NO4. The van der Waals surface area contributed by atoms with Crippen molar-refractivity contribution in [3.8, 4) is 5.75 Å². The molecule has 0 unspecified atom stereocenters. The van der Waals surface area contributed by atoms with Crippen LogP contribution in [0.5, 0.6) is 5.75 Å². The summed E-state index contributed by atoms with van der Waals surface area (Å²) in [5.74, 6) is -0.0743. The van der Waals surface area contributed by atoms with Gasteiger partial charge in [-0.25, -0.2) is 0 Å². The van der Waals surface area contributed by atoms with Gasteiger partial charge in [-0.1, -0.05) is 12.5 Å². The van der Waals surface area contributed by atoms with E-state index in [1.54, 1.807) is 6.07 Å². The van der Waals surface area contributed by atoms with Crippen LogP contribution in [0.1, 0.15) is 24.8 Å². The summed E-state index contributed by atoms with van der Waals surface area (Å²) in [6, 6.07) is 5.49. The lowest BCUT2D eigenvalue weighted by atomic mass is 9.86. The first-order chi connectivity index (χ1) is 9.60. The molecule has 0 radical (unpaired) electrons. The van der Waals surface area contributed by atoms with E-state index in [1.165, 1.54) is 7.11 Å². The first-order valence-electron chi connectivity index (χ1n) is 6.71. The summed E-state index contributed by atoms with van der Waals surface area (Å²) < 4.78 is 10.2. The van der Waals surface area contributed by atoms with Gasteiger partial charge in [-0.15, -0.1) is 0 Å². The maximum Gasteiger partial charge on any atom is 0.309 e. The molecule has 0 heterocycles. The van der Waals surface area contributed by atoms with E-state index < -0.39 is 0 Å². The van der Waals surface area contributed by atoms with Gasteiger partial charge in [0.05, 0.1) is 18.7 Å². The van der Waals surface area contributed by atoms with Crippen molar-refractivity contribution in [2.75, 3.05) is 19.0 Å². The van der Waals surface area contributed by atoms with Crippen molar-refractivity contribution in [3.63, 3.8) is 0 Å². The zero-order valence-corrected chi connectivity index (χ0v) is 11.8. The standard InChI is InChI=1S/C15H19NO4/c1-10-6-7-13(19-2)12(8-10)16-14(17)9-20-15(18)11-4-3-5-11/h6-8,11H,3-5,9H2,1-2H3,(H,16,17). The number of hydrogen-bond donors (Lipinski definition) is 1. The first-order valence-corrected chi connectivity index (χ1v) is 6.71. The van der Waals surface area contributed by atoms with Gasteiger partial charge in [-0.3, -0.25) is 9.59 Å². The second kappa shape index (κ2) is 6.41. The summed E-state index contributed by atoms with van der Waals surface area (Å²) in [6.45, 7) is 1.66. The number of methoxy groups -OCH3 is 1. The average Bonchev–Trinajstić information content (AvgIpc) is 2.34. The molecule has 0 saturated heterocycles. The van der Waals surface area contributed by atoms with Crippen LogP contribution >= 0.6 is 0 Å². The molecule has 0 bridgehead atoms. The van der Waals surface area contributed by atoms with Crippen LogP contribution in [-0.2, 0) is 14.3 Å². The van der Waals surface area contributed by atoms with Crippen LogP contribution < -0.4 is 10.1 Å². The lowest BCUT2D eigenvalue weighted by Gasteiger charge is -2.22. The molecule has 108 valence electrons. The SMILES string of the molecule is COc1ccc(C)cc1NC(=O)COC(=O)C1CCC1. The van der Waals surface area contributed by atoms with Crippen LogP contribution in [0, 0.1) is 12.8 Å². The molecule has 0 aliphatic heterocycles. The van der Waals surface area contributed by atoms with Crippen molar-refractivity contribution in [2.24, 2.45) is 5.92 Å². The smallest absolute Gasteiger partial charge is 0.309 e. The summed E-state index contributed by atoms with van der Waals surface area (Å²) in [5, 5.41) is 2.69. The van der Waals surface area contributed by atoms with Crippen molar-refractivity contribution in [2.45, 2.75) is 26.2 Å². The molecule has 1 aliphatic carbocycles. The maximum absolute atomic E-state index is 11.8. The molecule has 0 spiro atoms. The first kappa shape index (κ1) is 14.4. The Hall–Kier alpha value is -2.04. The van der Waals surface area contributed by atoms with Crippen LogP contribution in [0.15, 0.2) is 18.2 Å². The Kier molecular flexibility index (Phi) is 4.61. The number of nitrogens with one attached hydrogen (secondary N) is 1. The summed E-state index contributed by atoms with van der Waals surface area (Å²) in [4.78, 5) is 23.3. The van der Waals surface area contributed by atoms with Crippen molar-refractivity contribution < 1.29 is 19.1 Å². The van der Waals surface area contributed by atoms with Gasteiger partial charge >= 0.3 is 5.97 Å². The Labute approximate surface area is 118 Å². The largest absolute Gasteiger partial charge is 0.495 e. The lowest BCUT2D eigenvalue weighted by Crippen LogP contribution is -2.28. The number of carbonyl (C=O) groups excluding carboxylic acids is 2. The highest BCUT2D eigenvalue weighted by molar-refractivity contribution is 5.94. The molecule has 1 amide bonds. The molecule has 1 saturated carbocycles. The number of amides is 1. The molecular weight excluding hydrogens is 258 g/mol. The zero-order chi connectivity index (χ0) is 14.5. The van der Waals surface area contributed by atoms with Crippen LogP contribution in [0.25, 0.3) is 0 Å². The highest BCUT2D eigenvalue weighted by atomic mass is 16.5. The average molecular weight is 277 g/mol. The van der Waals surface area contributed by atoms with E-state index in [1.807, 2.05) is 19.1 Å². The fourth-order valence-electron chi connectivity index (χ4n) is 2.00. The van der Waals surface area contributed by atoms with Crippen molar-refractivity contribution in [1.29, 1.82) is 0 Å². The number of carbonyl (C=O) groups is 2. The summed E-state index contributed by atoms with van der Waals surface area (Å²) in [5.41, 5.74) is 1.59. The van der Waals surface area contributed by atoms with E-state index in [0.717, 1.165) is 24.8 Å². The van der Waals surface area contributed by atoms with Crippen molar-refractivity contribution >= 4 is 17.6 Å². The van der Waals surface area contributed by atoms with Gasteiger partial charge < -0.3 is 14.8 Å². The minimum atomic E-state index is -0.360. The van der Waals surface area contributed by atoms with E-state index >= 15 is 0 Å². The molecule has 20 heavy (non-hydrogen) atoms. The zero-order valence-electron chi connectivity index (χ0n) is 11.8. The van der Waals surface area contributed by atoms with Crippen molar-refractivity contribution in [1.82, 2.24) is 0 Å². The molecule has 1 N–H and O–H groups in total. The number of hydrogen-bond acceptors (Lipinski definition) is 4. The Balaban J connectivity index is 1.87. The lowest BCUT2D eigenvalue weighted by molar-refractivity contribution is -0.154. The molecule has 1 aromatic rings. The van der Waals surface area contributed by atoms with Gasteiger partial charge in [0.15, 0.2) is 6.61 Å². The van der Waals surface area contributed by atoms with Gasteiger partial charge in [0.25, 0.3) is 5.91 Å². The van der Waals surface area contributed by atoms with Gasteiger partial charge in [0, 0.05) is 0 Å². The second-order valence-electron chi connectivity index (χ2n) is 4.99. The number of rotatable bonds is 5. The third-order valence-electron chi connectivity index (χ3n) is 3.41. The molecule has 1 aromatic carbocycles. The van der Waals surface area contributed by atoms with Crippen LogP contribution in [0.4, 0.5) is 5.69 Å².